The molecule has 0 aliphatic carbocycles. The van der Waals surface area contributed by atoms with E-state index in [2.05, 4.69) is 5.32 Å². The number of methoxy groups -OCH3 is 1. The van der Waals surface area contributed by atoms with Gasteiger partial charge in [0.15, 0.2) is 0 Å². The minimum atomic E-state index is -0.466. The second kappa shape index (κ2) is 8.82. The van der Waals surface area contributed by atoms with E-state index in [4.69, 9.17) is 9.47 Å². The second-order valence-corrected chi connectivity index (χ2v) is 6.27. The smallest absolute Gasteiger partial charge is 0.336 e. The molecule has 3 rings (SSSR count). The summed E-state index contributed by atoms with van der Waals surface area (Å²) in [6, 6.07) is 15.5. The molecule has 0 bridgehead atoms. The molecule has 136 valence electrons. The zero-order chi connectivity index (χ0) is 19.1. The third kappa shape index (κ3) is 5.05. The highest BCUT2D eigenvalue weighted by Gasteiger charge is 2.11. The van der Waals surface area contributed by atoms with Crippen molar-refractivity contribution in [1.29, 1.82) is 0 Å². The van der Waals surface area contributed by atoms with Crippen molar-refractivity contribution in [3.8, 4) is 11.5 Å². The molecule has 2 aromatic carbocycles. The standard InChI is InChI=1S/C21H17NO4S/c1-25-19-5-3-2-4-18(19)21(24)22-16-7-9-17(10-8-16)26-20(23)11-6-15-12-13-27-14-15/h2-14H,1H3,(H,22,24)/b11-6+. The molecule has 1 N–H and O–H groups in total. The van der Waals surface area contributed by atoms with Gasteiger partial charge in [-0.15, -0.1) is 0 Å². The fraction of sp³-hybridized carbons (Fsp3) is 0.0476. The van der Waals surface area contributed by atoms with Crippen LogP contribution in [0.25, 0.3) is 6.08 Å². The Morgan fingerprint density at radius 1 is 1.04 bits per heavy atom. The number of carbonyl (C=O) groups is 2. The van der Waals surface area contributed by atoms with Crippen molar-refractivity contribution in [1.82, 2.24) is 0 Å². The van der Waals surface area contributed by atoms with Crippen LogP contribution in [0, 0.1) is 0 Å². The van der Waals surface area contributed by atoms with Gasteiger partial charge >= 0.3 is 5.97 Å². The summed E-state index contributed by atoms with van der Waals surface area (Å²) in [4.78, 5) is 24.2. The van der Waals surface area contributed by atoms with Crippen LogP contribution in [-0.4, -0.2) is 19.0 Å². The van der Waals surface area contributed by atoms with E-state index in [1.54, 1.807) is 65.9 Å². The van der Waals surface area contributed by atoms with E-state index >= 15 is 0 Å². The fourth-order valence-corrected chi connectivity index (χ4v) is 2.95. The van der Waals surface area contributed by atoms with Gasteiger partial charge in [-0.25, -0.2) is 4.79 Å². The second-order valence-electron chi connectivity index (χ2n) is 5.49. The van der Waals surface area contributed by atoms with Crippen LogP contribution >= 0.6 is 11.3 Å². The molecule has 0 unspecified atom stereocenters. The third-order valence-corrected chi connectivity index (χ3v) is 4.34. The van der Waals surface area contributed by atoms with Crippen LogP contribution in [0.2, 0.25) is 0 Å². The van der Waals surface area contributed by atoms with Gasteiger partial charge in [0, 0.05) is 11.8 Å². The molecule has 1 heterocycles. The molecule has 1 aromatic heterocycles. The lowest BCUT2D eigenvalue weighted by Gasteiger charge is -2.09. The van der Waals surface area contributed by atoms with Crippen molar-refractivity contribution in [3.63, 3.8) is 0 Å². The van der Waals surface area contributed by atoms with Crippen LogP contribution in [0.3, 0.4) is 0 Å². The third-order valence-electron chi connectivity index (χ3n) is 3.64. The highest BCUT2D eigenvalue weighted by molar-refractivity contribution is 7.08. The number of esters is 1. The molecule has 3 aromatic rings. The number of nitrogens with one attached hydrogen (secondary N) is 1. The molecule has 27 heavy (non-hydrogen) atoms. The Hall–Kier alpha value is -3.38. The molecular weight excluding hydrogens is 362 g/mol. The van der Waals surface area contributed by atoms with E-state index in [1.807, 2.05) is 16.8 Å². The topological polar surface area (TPSA) is 64.6 Å². The van der Waals surface area contributed by atoms with Crippen molar-refractivity contribution in [2.45, 2.75) is 0 Å². The molecule has 5 nitrogen and oxygen atoms in total. The minimum absolute atomic E-state index is 0.282. The molecule has 0 fully saturated rings. The van der Waals surface area contributed by atoms with Gasteiger partial charge in [-0.2, -0.15) is 11.3 Å². The zero-order valence-electron chi connectivity index (χ0n) is 14.5. The minimum Gasteiger partial charge on any atom is -0.496 e. The Morgan fingerprint density at radius 2 is 1.81 bits per heavy atom. The van der Waals surface area contributed by atoms with Crippen molar-refractivity contribution >= 4 is 35.0 Å². The van der Waals surface area contributed by atoms with Gasteiger partial charge in [-0.05, 0) is 64.9 Å². The summed E-state index contributed by atoms with van der Waals surface area (Å²) in [5.41, 5.74) is 1.97. The van der Waals surface area contributed by atoms with E-state index in [9.17, 15) is 9.59 Å². The van der Waals surface area contributed by atoms with Crippen LogP contribution < -0.4 is 14.8 Å². The Morgan fingerprint density at radius 3 is 2.52 bits per heavy atom. The van der Waals surface area contributed by atoms with Gasteiger partial charge in [0.25, 0.3) is 5.91 Å². The molecule has 0 aliphatic rings. The summed E-state index contributed by atoms with van der Waals surface area (Å²) in [6.45, 7) is 0. The number of anilines is 1. The first-order valence-electron chi connectivity index (χ1n) is 8.12. The van der Waals surface area contributed by atoms with E-state index < -0.39 is 5.97 Å². The number of rotatable bonds is 6. The van der Waals surface area contributed by atoms with Gasteiger partial charge in [0.05, 0.1) is 12.7 Å². The Labute approximate surface area is 160 Å². The largest absolute Gasteiger partial charge is 0.496 e. The predicted molar refractivity (Wildman–Crippen MR) is 106 cm³/mol. The number of thiophene rings is 1. The SMILES string of the molecule is COc1ccccc1C(=O)Nc1ccc(OC(=O)/C=C/c2ccsc2)cc1. The first kappa shape index (κ1) is 18.4. The van der Waals surface area contributed by atoms with Crippen molar-refractivity contribution < 1.29 is 19.1 Å². The number of amides is 1. The monoisotopic (exact) mass is 379 g/mol. The number of benzene rings is 2. The summed E-state index contributed by atoms with van der Waals surface area (Å²) in [6.07, 6.45) is 3.07. The van der Waals surface area contributed by atoms with E-state index in [-0.39, 0.29) is 5.91 Å². The van der Waals surface area contributed by atoms with E-state index in [0.717, 1.165) is 5.56 Å². The molecular formula is C21H17NO4S. The number of ether oxygens (including phenoxy) is 2. The number of hydrogen-bond donors (Lipinski definition) is 1. The quantitative estimate of drug-likeness (QED) is 0.385. The molecule has 1 amide bonds. The maximum atomic E-state index is 12.4. The first-order valence-corrected chi connectivity index (χ1v) is 9.06. The number of hydrogen-bond acceptors (Lipinski definition) is 5. The highest BCUT2D eigenvalue weighted by Crippen LogP contribution is 2.21. The molecule has 0 aliphatic heterocycles. The molecule has 0 atom stereocenters. The maximum absolute atomic E-state index is 12.4. The molecule has 6 heteroatoms. The lowest BCUT2D eigenvalue weighted by molar-refractivity contribution is -0.128. The summed E-state index contributed by atoms with van der Waals surface area (Å²) in [5, 5.41) is 6.65. The molecule has 0 radical (unpaired) electrons. The number of carbonyl (C=O) groups excluding carboxylic acids is 2. The van der Waals surface area contributed by atoms with Gasteiger partial charge in [0.1, 0.15) is 11.5 Å². The van der Waals surface area contributed by atoms with Gasteiger partial charge in [0.2, 0.25) is 0 Å². The van der Waals surface area contributed by atoms with Crippen LogP contribution in [0.5, 0.6) is 11.5 Å². The van der Waals surface area contributed by atoms with E-state index in [0.29, 0.717) is 22.7 Å². The highest BCUT2D eigenvalue weighted by atomic mass is 32.1. The molecule has 0 saturated heterocycles. The van der Waals surface area contributed by atoms with Crippen molar-refractivity contribution in [2.24, 2.45) is 0 Å². The maximum Gasteiger partial charge on any atom is 0.336 e. The van der Waals surface area contributed by atoms with Gasteiger partial charge in [-0.1, -0.05) is 12.1 Å². The van der Waals surface area contributed by atoms with Crippen LogP contribution in [0.1, 0.15) is 15.9 Å². The van der Waals surface area contributed by atoms with Crippen LogP contribution in [-0.2, 0) is 4.79 Å². The summed E-state index contributed by atoms with van der Waals surface area (Å²) >= 11 is 1.56. The Kier molecular flexibility index (Phi) is 6.02. The lowest BCUT2D eigenvalue weighted by Crippen LogP contribution is -2.13. The molecule has 0 spiro atoms. The Bertz CT molecular complexity index is 947. The Balaban J connectivity index is 1.60. The average Bonchev–Trinajstić information content (AvgIpc) is 3.21. The lowest BCUT2D eigenvalue weighted by atomic mass is 10.2. The molecule has 0 saturated carbocycles. The average molecular weight is 379 g/mol. The summed E-state index contributed by atoms with van der Waals surface area (Å²) in [5.74, 6) is 0.145. The summed E-state index contributed by atoms with van der Waals surface area (Å²) < 4.78 is 10.4. The van der Waals surface area contributed by atoms with Crippen LogP contribution in [0.15, 0.2) is 71.4 Å². The summed E-state index contributed by atoms with van der Waals surface area (Å²) in [7, 11) is 1.52. The number of para-hydroxylation sites is 1. The van der Waals surface area contributed by atoms with Gasteiger partial charge in [-0.3, -0.25) is 4.79 Å². The van der Waals surface area contributed by atoms with E-state index in [1.165, 1.54) is 13.2 Å². The van der Waals surface area contributed by atoms with Crippen molar-refractivity contribution in [2.75, 3.05) is 12.4 Å². The zero-order valence-corrected chi connectivity index (χ0v) is 15.4. The van der Waals surface area contributed by atoms with Crippen molar-refractivity contribution in [3.05, 3.63) is 82.6 Å². The normalized spacial score (nSPS) is 10.6. The van der Waals surface area contributed by atoms with Gasteiger partial charge < -0.3 is 14.8 Å². The predicted octanol–water partition coefficient (Wildman–Crippen LogP) is 4.63. The fourth-order valence-electron chi connectivity index (χ4n) is 2.32. The van der Waals surface area contributed by atoms with Crippen LogP contribution in [0.4, 0.5) is 5.69 Å². The first-order chi connectivity index (χ1) is 13.2.